The lowest BCUT2D eigenvalue weighted by molar-refractivity contribution is -0.111. The Morgan fingerprint density at radius 2 is 2.12 bits per heavy atom. The van der Waals surface area contributed by atoms with E-state index in [-0.39, 0.29) is 12.0 Å². The summed E-state index contributed by atoms with van der Waals surface area (Å²) >= 11 is 6.00. The van der Waals surface area contributed by atoms with Crippen LogP contribution in [0.2, 0.25) is 5.15 Å². The maximum absolute atomic E-state index is 12.0. The standard InChI is InChI=1S/C17H20ClN3O3/c1-11(2)24-14-7-5-12(9-15(14)23-4)6-8-16(22)20-13-10-19-21(3)17(13)18/h5-11H,1-4H3,(H,20,22). The van der Waals surface area contributed by atoms with E-state index in [0.717, 1.165) is 5.56 Å². The van der Waals surface area contributed by atoms with E-state index in [1.807, 2.05) is 26.0 Å². The molecule has 0 atom stereocenters. The predicted molar refractivity (Wildman–Crippen MR) is 94.6 cm³/mol. The van der Waals surface area contributed by atoms with Crippen molar-refractivity contribution in [2.45, 2.75) is 20.0 Å². The van der Waals surface area contributed by atoms with Gasteiger partial charge in [0.15, 0.2) is 11.5 Å². The van der Waals surface area contributed by atoms with Gasteiger partial charge < -0.3 is 14.8 Å². The van der Waals surface area contributed by atoms with E-state index in [1.165, 1.54) is 17.0 Å². The Bertz CT molecular complexity index is 754. The highest BCUT2D eigenvalue weighted by Gasteiger charge is 2.09. The summed E-state index contributed by atoms with van der Waals surface area (Å²) in [7, 11) is 3.27. The van der Waals surface area contributed by atoms with E-state index >= 15 is 0 Å². The van der Waals surface area contributed by atoms with Crippen LogP contribution >= 0.6 is 11.6 Å². The summed E-state index contributed by atoms with van der Waals surface area (Å²) in [6.07, 6.45) is 4.65. The molecule has 0 aliphatic rings. The summed E-state index contributed by atoms with van der Waals surface area (Å²) in [6, 6.07) is 5.47. The van der Waals surface area contributed by atoms with Gasteiger partial charge in [0.05, 0.1) is 25.1 Å². The van der Waals surface area contributed by atoms with Crippen molar-refractivity contribution < 1.29 is 14.3 Å². The second-order valence-electron chi connectivity index (χ2n) is 5.37. The molecule has 24 heavy (non-hydrogen) atoms. The maximum atomic E-state index is 12.0. The smallest absolute Gasteiger partial charge is 0.248 e. The lowest BCUT2D eigenvalue weighted by atomic mass is 10.2. The number of ether oxygens (including phenoxy) is 2. The molecule has 0 aliphatic carbocycles. The molecule has 2 rings (SSSR count). The number of halogens is 1. The van der Waals surface area contributed by atoms with Gasteiger partial charge in [-0.1, -0.05) is 17.7 Å². The number of nitrogens with one attached hydrogen (secondary N) is 1. The van der Waals surface area contributed by atoms with Gasteiger partial charge >= 0.3 is 0 Å². The molecule has 1 heterocycles. The number of aromatic nitrogens is 2. The van der Waals surface area contributed by atoms with E-state index < -0.39 is 0 Å². The third-order valence-electron chi connectivity index (χ3n) is 3.10. The van der Waals surface area contributed by atoms with Crippen molar-refractivity contribution in [1.29, 1.82) is 0 Å². The molecular weight excluding hydrogens is 330 g/mol. The van der Waals surface area contributed by atoms with Gasteiger partial charge in [0.1, 0.15) is 5.15 Å². The number of aryl methyl sites for hydroxylation is 1. The van der Waals surface area contributed by atoms with E-state index in [1.54, 1.807) is 26.3 Å². The normalized spacial score (nSPS) is 11.1. The van der Waals surface area contributed by atoms with Crippen molar-refractivity contribution in [2.24, 2.45) is 7.05 Å². The predicted octanol–water partition coefficient (Wildman–Crippen LogP) is 3.52. The topological polar surface area (TPSA) is 65.4 Å². The number of rotatable bonds is 6. The Balaban J connectivity index is 2.08. The van der Waals surface area contributed by atoms with Crippen LogP contribution in [0.1, 0.15) is 19.4 Å². The van der Waals surface area contributed by atoms with Crippen molar-refractivity contribution in [3.8, 4) is 11.5 Å². The number of anilines is 1. The first-order valence-corrected chi connectivity index (χ1v) is 7.79. The number of methoxy groups -OCH3 is 1. The zero-order valence-electron chi connectivity index (χ0n) is 14.0. The van der Waals surface area contributed by atoms with Crippen molar-refractivity contribution in [3.63, 3.8) is 0 Å². The third kappa shape index (κ3) is 4.52. The van der Waals surface area contributed by atoms with Gasteiger partial charge in [-0.2, -0.15) is 5.10 Å². The molecule has 0 fully saturated rings. The Labute approximate surface area is 146 Å². The highest BCUT2D eigenvalue weighted by atomic mass is 35.5. The molecule has 0 bridgehead atoms. The van der Waals surface area contributed by atoms with Crippen LogP contribution in [0.3, 0.4) is 0 Å². The summed E-state index contributed by atoms with van der Waals surface area (Å²) in [4.78, 5) is 12.0. The van der Waals surface area contributed by atoms with Crippen LogP contribution in [-0.4, -0.2) is 28.9 Å². The second-order valence-corrected chi connectivity index (χ2v) is 5.73. The first kappa shape index (κ1) is 17.9. The minimum atomic E-state index is -0.300. The van der Waals surface area contributed by atoms with Gasteiger partial charge in [0.2, 0.25) is 5.91 Å². The number of benzene rings is 1. The van der Waals surface area contributed by atoms with Crippen LogP contribution in [-0.2, 0) is 11.8 Å². The van der Waals surface area contributed by atoms with E-state index in [9.17, 15) is 4.79 Å². The molecule has 0 radical (unpaired) electrons. The highest BCUT2D eigenvalue weighted by Crippen LogP contribution is 2.29. The monoisotopic (exact) mass is 349 g/mol. The molecule has 2 aromatic rings. The molecule has 0 saturated carbocycles. The fourth-order valence-electron chi connectivity index (χ4n) is 1.99. The highest BCUT2D eigenvalue weighted by molar-refractivity contribution is 6.32. The van der Waals surface area contributed by atoms with E-state index in [2.05, 4.69) is 10.4 Å². The van der Waals surface area contributed by atoms with E-state index in [0.29, 0.717) is 22.3 Å². The van der Waals surface area contributed by atoms with Crippen LogP contribution in [0.25, 0.3) is 6.08 Å². The zero-order valence-corrected chi connectivity index (χ0v) is 14.8. The van der Waals surface area contributed by atoms with Crippen LogP contribution in [0.15, 0.2) is 30.5 Å². The number of hydrogen-bond acceptors (Lipinski definition) is 4. The molecule has 128 valence electrons. The Morgan fingerprint density at radius 3 is 2.71 bits per heavy atom. The van der Waals surface area contributed by atoms with Gasteiger partial charge in [-0.3, -0.25) is 9.48 Å². The zero-order chi connectivity index (χ0) is 17.7. The average molecular weight is 350 g/mol. The SMILES string of the molecule is COc1cc(C=CC(=O)Nc2cnn(C)c2Cl)ccc1OC(C)C. The maximum Gasteiger partial charge on any atom is 0.248 e. The summed E-state index contributed by atoms with van der Waals surface area (Å²) in [6.45, 7) is 3.89. The summed E-state index contributed by atoms with van der Waals surface area (Å²) in [5.41, 5.74) is 1.28. The molecule has 0 spiro atoms. The molecule has 1 amide bonds. The first-order chi connectivity index (χ1) is 11.4. The lowest BCUT2D eigenvalue weighted by Crippen LogP contribution is -2.08. The quantitative estimate of drug-likeness (QED) is 0.810. The van der Waals surface area contributed by atoms with Crippen molar-refractivity contribution in [2.75, 3.05) is 12.4 Å². The Hall–Kier alpha value is -2.47. The van der Waals surface area contributed by atoms with Gasteiger partial charge in [0, 0.05) is 13.1 Å². The number of carbonyl (C=O) groups excluding carboxylic acids is 1. The molecule has 0 aliphatic heterocycles. The molecule has 0 saturated heterocycles. The van der Waals surface area contributed by atoms with Crippen LogP contribution < -0.4 is 14.8 Å². The molecule has 1 aromatic carbocycles. The molecule has 1 aromatic heterocycles. The van der Waals surface area contributed by atoms with Crippen molar-refractivity contribution >= 4 is 29.3 Å². The van der Waals surface area contributed by atoms with Crippen molar-refractivity contribution in [1.82, 2.24) is 9.78 Å². The lowest BCUT2D eigenvalue weighted by Gasteiger charge is -2.13. The number of hydrogen-bond donors (Lipinski definition) is 1. The van der Waals surface area contributed by atoms with Crippen LogP contribution in [0, 0.1) is 0 Å². The van der Waals surface area contributed by atoms with Crippen molar-refractivity contribution in [3.05, 3.63) is 41.2 Å². The minimum absolute atomic E-state index is 0.0512. The number of nitrogens with zero attached hydrogens (tertiary/aromatic N) is 2. The molecule has 1 N–H and O–H groups in total. The van der Waals surface area contributed by atoms with Gasteiger partial charge in [-0.05, 0) is 37.6 Å². The Kier molecular flexibility index (Phi) is 5.87. The molecular formula is C17H20ClN3O3. The van der Waals surface area contributed by atoms with Crippen LogP contribution in [0.5, 0.6) is 11.5 Å². The Morgan fingerprint density at radius 1 is 1.38 bits per heavy atom. The largest absolute Gasteiger partial charge is 0.493 e. The first-order valence-electron chi connectivity index (χ1n) is 7.42. The van der Waals surface area contributed by atoms with Gasteiger partial charge in [0.25, 0.3) is 0 Å². The second kappa shape index (κ2) is 7.88. The fourth-order valence-corrected chi connectivity index (χ4v) is 2.13. The third-order valence-corrected chi connectivity index (χ3v) is 3.55. The molecule has 6 nitrogen and oxygen atoms in total. The van der Waals surface area contributed by atoms with Gasteiger partial charge in [-0.25, -0.2) is 0 Å². The number of amides is 1. The summed E-state index contributed by atoms with van der Waals surface area (Å²) < 4.78 is 12.5. The van der Waals surface area contributed by atoms with Crippen LogP contribution in [0.4, 0.5) is 5.69 Å². The average Bonchev–Trinajstić information content (AvgIpc) is 2.85. The molecule has 0 unspecified atom stereocenters. The summed E-state index contributed by atoms with van der Waals surface area (Å²) in [5.74, 6) is 0.976. The van der Waals surface area contributed by atoms with Gasteiger partial charge in [-0.15, -0.1) is 0 Å². The minimum Gasteiger partial charge on any atom is -0.493 e. The summed E-state index contributed by atoms with van der Waals surface area (Å²) in [5, 5.41) is 7.00. The molecule has 7 heteroatoms. The number of carbonyl (C=O) groups is 1. The fraction of sp³-hybridized carbons (Fsp3) is 0.294. The van der Waals surface area contributed by atoms with E-state index in [4.69, 9.17) is 21.1 Å².